The summed E-state index contributed by atoms with van der Waals surface area (Å²) < 4.78 is 1.79. The van der Waals surface area contributed by atoms with Crippen LogP contribution in [-0.2, 0) is 26.6 Å². The zero-order chi connectivity index (χ0) is 34.2. The van der Waals surface area contributed by atoms with Crippen LogP contribution in [0.4, 0.5) is 11.4 Å². The number of fused-ring (bicyclic) bond motifs is 2. The number of rotatable bonds is 7. The van der Waals surface area contributed by atoms with Crippen molar-refractivity contribution < 1.29 is 14.5 Å². The van der Waals surface area contributed by atoms with Gasteiger partial charge in [0.25, 0.3) is 17.5 Å². The summed E-state index contributed by atoms with van der Waals surface area (Å²) in [5.41, 5.74) is 6.79. The Labute approximate surface area is 281 Å². The molecule has 2 aromatic heterocycles. The van der Waals surface area contributed by atoms with E-state index in [2.05, 4.69) is 22.3 Å². The molecular formula is C38H31N7O4. The van der Waals surface area contributed by atoms with Gasteiger partial charge in [-0.1, -0.05) is 42.5 Å². The summed E-state index contributed by atoms with van der Waals surface area (Å²) in [4.78, 5) is 43.5. The maximum absolute atomic E-state index is 14.6. The van der Waals surface area contributed by atoms with Crippen molar-refractivity contribution in [1.29, 1.82) is 5.26 Å². The van der Waals surface area contributed by atoms with Crippen LogP contribution < -0.4 is 4.90 Å². The molecule has 0 aliphatic carbocycles. The second-order valence-electron chi connectivity index (χ2n) is 12.1. The van der Waals surface area contributed by atoms with Crippen LogP contribution in [0.2, 0.25) is 0 Å². The molecule has 242 valence electrons. The molecule has 0 saturated heterocycles. The van der Waals surface area contributed by atoms with Gasteiger partial charge < -0.3 is 14.4 Å². The van der Waals surface area contributed by atoms with Gasteiger partial charge in [0.05, 0.1) is 40.4 Å². The van der Waals surface area contributed by atoms with E-state index in [0.717, 1.165) is 16.5 Å². The van der Waals surface area contributed by atoms with Gasteiger partial charge in [-0.3, -0.25) is 24.8 Å². The summed E-state index contributed by atoms with van der Waals surface area (Å²) in [6.07, 6.45) is 2.39. The molecule has 4 aromatic carbocycles. The number of carbonyl (C=O) groups is 2. The zero-order valence-corrected chi connectivity index (χ0v) is 26.9. The third-order valence-corrected chi connectivity index (χ3v) is 9.35. The lowest BCUT2D eigenvalue weighted by Crippen LogP contribution is -2.36. The van der Waals surface area contributed by atoms with Crippen molar-refractivity contribution in [3.05, 3.63) is 146 Å². The number of hydrogen-bond acceptors (Lipinski definition) is 6. The van der Waals surface area contributed by atoms with E-state index in [1.807, 2.05) is 48.5 Å². The molecular weight excluding hydrogens is 618 g/mol. The van der Waals surface area contributed by atoms with Crippen molar-refractivity contribution in [2.75, 3.05) is 11.4 Å². The summed E-state index contributed by atoms with van der Waals surface area (Å²) in [5, 5.41) is 29.6. The number of nitro benzene ring substituents is 1. The van der Waals surface area contributed by atoms with Crippen molar-refractivity contribution >= 4 is 34.1 Å². The zero-order valence-electron chi connectivity index (χ0n) is 26.9. The SMILES string of the molecule is Cc1c(C(=O)N(Cc2ccccc2C#N)c2ccc3[nH]ncc3c2)cc(-c2cc([N+](=O)[O-])ccc2C(=O)N2CCc3ccccc3C2)n1C. The lowest BCUT2D eigenvalue weighted by molar-refractivity contribution is -0.384. The smallest absolute Gasteiger partial charge is 0.270 e. The number of non-ortho nitro benzene ring substituents is 1. The molecule has 3 heterocycles. The predicted molar refractivity (Wildman–Crippen MR) is 185 cm³/mol. The van der Waals surface area contributed by atoms with E-state index >= 15 is 0 Å². The quantitative estimate of drug-likeness (QED) is 0.151. The van der Waals surface area contributed by atoms with Crippen LogP contribution in [-0.4, -0.2) is 42.9 Å². The molecule has 1 aliphatic rings. The molecule has 0 atom stereocenters. The highest BCUT2D eigenvalue weighted by Gasteiger charge is 2.29. The lowest BCUT2D eigenvalue weighted by atomic mass is 9.97. The Morgan fingerprint density at radius 1 is 1.00 bits per heavy atom. The van der Waals surface area contributed by atoms with Gasteiger partial charge in [-0.05, 0) is 66.4 Å². The van der Waals surface area contributed by atoms with Gasteiger partial charge in [0.15, 0.2) is 0 Å². The third kappa shape index (κ3) is 5.70. The first-order chi connectivity index (χ1) is 23.7. The first-order valence-corrected chi connectivity index (χ1v) is 15.8. The van der Waals surface area contributed by atoms with Crippen molar-refractivity contribution in [3.63, 3.8) is 0 Å². The second kappa shape index (κ2) is 12.6. The van der Waals surface area contributed by atoms with E-state index in [1.54, 1.807) is 52.7 Å². The summed E-state index contributed by atoms with van der Waals surface area (Å²) in [5.74, 6) is -0.574. The highest BCUT2D eigenvalue weighted by Crippen LogP contribution is 2.34. The van der Waals surface area contributed by atoms with Crippen LogP contribution in [0.25, 0.3) is 22.2 Å². The highest BCUT2D eigenvalue weighted by atomic mass is 16.6. The lowest BCUT2D eigenvalue weighted by Gasteiger charge is -2.29. The number of aromatic nitrogens is 3. The van der Waals surface area contributed by atoms with Gasteiger partial charge in [0.2, 0.25) is 0 Å². The van der Waals surface area contributed by atoms with Gasteiger partial charge >= 0.3 is 0 Å². The Balaban J connectivity index is 1.31. The molecule has 11 nitrogen and oxygen atoms in total. The van der Waals surface area contributed by atoms with E-state index in [4.69, 9.17) is 0 Å². The monoisotopic (exact) mass is 649 g/mol. The average molecular weight is 650 g/mol. The van der Waals surface area contributed by atoms with Crippen molar-refractivity contribution in [2.24, 2.45) is 7.05 Å². The minimum atomic E-state index is -0.489. The fourth-order valence-electron chi connectivity index (χ4n) is 6.52. The van der Waals surface area contributed by atoms with Gasteiger partial charge in [0, 0.05) is 65.9 Å². The standard InChI is InChI=1S/C38H31N7O4/c1-24-33(38(47)44(23-28-10-6-4-8-26(28)20-39)30-12-14-35-29(17-30)21-40-41-35)19-36(42(24)2)34-18-31(45(48)49)11-13-32(34)37(46)43-16-15-25-7-3-5-9-27(25)22-43/h3-14,17-19,21H,15-16,22-23H2,1-2H3,(H,40,41). The van der Waals surface area contributed by atoms with Crippen LogP contribution in [0.15, 0.2) is 97.2 Å². The van der Waals surface area contributed by atoms with Crippen LogP contribution in [0.5, 0.6) is 0 Å². The molecule has 2 amide bonds. The Hall–Kier alpha value is -6.54. The minimum Gasteiger partial charge on any atom is -0.347 e. The fourth-order valence-corrected chi connectivity index (χ4v) is 6.52. The van der Waals surface area contributed by atoms with E-state index in [9.17, 15) is 25.0 Å². The predicted octanol–water partition coefficient (Wildman–Crippen LogP) is 6.70. The first kappa shape index (κ1) is 31.1. The topological polar surface area (TPSA) is 141 Å². The normalized spacial score (nSPS) is 12.4. The Kier molecular flexibility index (Phi) is 7.98. The Morgan fingerprint density at radius 2 is 1.78 bits per heavy atom. The minimum absolute atomic E-state index is 0.118. The van der Waals surface area contributed by atoms with Crippen LogP contribution in [0, 0.1) is 28.4 Å². The Morgan fingerprint density at radius 3 is 2.57 bits per heavy atom. The molecule has 0 bridgehead atoms. The number of amides is 2. The number of nitrogens with zero attached hydrogens (tertiary/aromatic N) is 6. The van der Waals surface area contributed by atoms with Crippen molar-refractivity contribution in [3.8, 4) is 17.3 Å². The average Bonchev–Trinajstić information content (AvgIpc) is 3.72. The second-order valence-corrected chi connectivity index (χ2v) is 12.1. The number of H-pyrrole nitrogens is 1. The fraction of sp³-hybridized carbons (Fsp3) is 0.158. The molecule has 0 unspecified atom stereocenters. The number of nitrogens with one attached hydrogen (secondary N) is 1. The molecule has 1 aliphatic heterocycles. The van der Waals surface area contributed by atoms with Crippen molar-refractivity contribution in [2.45, 2.75) is 26.4 Å². The molecule has 0 spiro atoms. The van der Waals surface area contributed by atoms with E-state index in [0.29, 0.717) is 64.4 Å². The van der Waals surface area contributed by atoms with Crippen LogP contribution in [0.3, 0.4) is 0 Å². The Bertz CT molecular complexity index is 2330. The maximum Gasteiger partial charge on any atom is 0.270 e. The van der Waals surface area contributed by atoms with Crippen LogP contribution in [0.1, 0.15) is 48.7 Å². The first-order valence-electron chi connectivity index (χ1n) is 15.8. The molecule has 0 fully saturated rings. The molecule has 0 radical (unpaired) electrons. The summed E-state index contributed by atoms with van der Waals surface area (Å²) >= 11 is 0. The third-order valence-electron chi connectivity index (χ3n) is 9.35. The van der Waals surface area contributed by atoms with E-state index in [-0.39, 0.29) is 24.0 Å². The highest BCUT2D eigenvalue weighted by molar-refractivity contribution is 6.09. The van der Waals surface area contributed by atoms with Gasteiger partial charge in [-0.15, -0.1) is 0 Å². The van der Waals surface area contributed by atoms with Gasteiger partial charge in [0.1, 0.15) is 0 Å². The number of nitriles is 1. The van der Waals surface area contributed by atoms with Gasteiger partial charge in [-0.25, -0.2) is 0 Å². The van der Waals surface area contributed by atoms with Gasteiger partial charge in [-0.2, -0.15) is 10.4 Å². The number of hydrogen-bond donors (Lipinski definition) is 1. The molecule has 7 rings (SSSR count). The van der Waals surface area contributed by atoms with E-state index in [1.165, 1.54) is 23.8 Å². The number of benzene rings is 4. The van der Waals surface area contributed by atoms with Crippen LogP contribution >= 0.6 is 0 Å². The number of nitro groups is 1. The molecule has 0 saturated carbocycles. The van der Waals surface area contributed by atoms with E-state index < -0.39 is 4.92 Å². The maximum atomic E-state index is 14.6. The number of carbonyl (C=O) groups excluding carboxylic acids is 2. The molecule has 1 N–H and O–H groups in total. The number of aromatic amines is 1. The molecule has 49 heavy (non-hydrogen) atoms. The molecule has 11 heteroatoms. The summed E-state index contributed by atoms with van der Waals surface area (Å²) in [7, 11) is 1.78. The summed E-state index contributed by atoms with van der Waals surface area (Å²) in [6.45, 7) is 2.87. The van der Waals surface area contributed by atoms with Crippen molar-refractivity contribution in [1.82, 2.24) is 19.7 Å². The largest absolute Gasteiger partial charge is 0.347 e. The summed E-state index contributed by atoms with van der Waals surface area (Å²) in [6, 6.07) is 28.8. The number of anilines is 1. The molecule has 6 aromatic rings.